The van der Waals surface area contributed by atoms with Gasteiger partial charge in [0, 0.05) is 49.5 Å². The van der Waals surface area contributed by atoms with Crippen molar-refractivity contribution in [3.63, 3.8) is 0 Å². The van der Waals surface area contributed by atoms with Crippen LogP contribution in [0.5, 0.6) is 0 Å². The van der Waals surface area contributed by atoms with E-state index in [4.69, 9.17) is 14.5 Å². The van der Waals surface area contributed by atoms with Gasteiger partial charge >= 0.3 is 6.09 Å². The molecule has 34 heavy (non-hydrogen) atoms. The summed E-state index contributed by atoms with van der Waals surface area (Å²) in [5.74, 6) is 0.636. The number of hydrogen-bond acceptors (Lipinski definition) is 6. The van der Waals surface area contributed by atoms with Crippen molar-refractivity contribution in [2.24, 2.45) is 0 Å². The highest BCUT2D eigenvalue weighted by Crippen LogP contribution is 2.32. The first-order chi connectivity index (χ1) is 16.7. The van der Waals surface area contributed by atoms with Gasteiger partial charge in [0.05, 0.1) is 6.54 Å². The molecule has 0 N–H and O–H groups in total. The zero-order valence-corrected chi connectivity index (χ0v) is 20.1. The first-order valence-corrected chi connectivity index (χ1v) is 13.0. The topological polar surface area (TPSA) is 54.9 Å². The first-order valence-electron chi connectivity index (χ1n) is 12.2. The maximum Gasteiger partial charge on any atom is 0.414 e. The van der Waals surface area contributed by atoms with Crippen LogP contribution in [0.25, 0.3) is 0 Å². The third-order valence-corrected chi connectivity index (χ3v) is 8.20. The Morgan fingerprint density at radius 3 is 2.65 bits per heavy atom. The number of hydrogen-bond donors (Lipinski definition) is 0. The number of anilines is 2. The fraction of sp³-hybridized carbons (Fsp3) is 0.407. The third kappa shape index (κ3) is 4.42. The van der Waals surface area contributed by atoms with Gasteiger partial charge in [0.15, 0.2) is 5.13 Å². The summed E-state index contributed by atoms with van der Waals surface area (Å²) in [7, 11) is 0. The maximum atomic E-state index is 12.0. The summed E-state index contributed by atoms with van der Waals surface area (Å²) in [5, 5.41) is 1.07. The monoisotopic (exact) mass is 475 g/mol. The van der Waals surface area contributed by atoms with E-state index in [0.29, 0.717) is 19.1 Å². The molecule has 0 atom stereocenters. The molecule has 2 fully saturated rings. The summed E-state index contributed by atoms with van der Waals surface area (Å²) >= 11 is 1.78. The predicted octanol–water partition coefficient (Wildman–Crippen LogP) is 5.15. The molecule has 2 aromatic carbocycles. The highest BCUT2D eigenvalue weighted by atomic mass is 32.1. The lowest BCUT2D eigenvalue weighted by molar-refractivity contribution is 0.0853. The van der Waals surface area contributed by atoms with Gasteiger partial charge in [-0.2, -0.15) is 0 Å². The van der Waals surface area contributed by atoms with E-state index in [2.05, 4.69) is 41.3 Å². The number of fused-ring (bicyclic) bond motifs is 1. The third-order valence-electron chi connectivity index (χ3n) is 7.14. The minimum absolute atomic E-state index is 0.252. The van der Waals surface area contributed by atoms with Crippen LogP contribution in [0.15, 0.2) is 48.7 Å². The van der Waals surface area contributed by atoms with Gasteiger partial charge in [-0.25, -0.2) is 9.78 Å². The van der Waals surface area contributed by atoms with Crippen LogP contribution < -0.4 is 9.80 Å². The van der Waals surface area contributed by atoms with Crippen molar-refractivity contribution in [2.45, 2.75) is 38.1 Å². The number of benzene rings is 2. The zero-order chi connectivity index (χ0) is 22.9. The number of nitrogens with zero attached hydrogens (tertiary/aromatic N) is 3. The number of aromatic nitrogens is 1. The zero-order valence-electron chi connectivity index (χ0n) is 19.2. The molecule has 176 valence electrons. The van der Waals surface area contributed by atoms with Crippen molar-refractivity contribution in [1.29, 1.82) is 0 Å². The van der Waals surface area contributed by atoms with Crippen LogP contribution in [0, 0.1) is 0 Å². The fourth-order valence-corrected chi connectivity index (χ4v) is 6.14. The first kappa shape index (κ1) is 21.6. The molecule has 0 bridgehead atoms. The molecular weight excluding hydrogens is 446 g/mol. The van der Waals surface area contributed by atoms with Crippen LogP contribution >= 0.6 is 11.3 Å². The van der Waals surface area contributed by atoms with Crippen LogP contribution in [0.1, 0.15) is 45.9 Å². The molecule has 0 radical (unpaired) electrons. The summed E-state index contributed by atoms with van der Waals surface area (Å²) < 4.78 is 10.6. The number of carbonyl (C=O) groups excluding carboxylic acids is 1. The molecule has 0 saturated carbocycles. The Balaban J connectivity index is 1.12. The highest BCUT2D eigenvalue weighted by Gasteiger charge is 2.26. The van der Waals surface area contributed by atoms with E-state index in [-0.39, 0.29) is 6.09 Å². The molecule has 0 aliphatic carbocycles. The number of thiazole rings is 1. The number of rotatable bonds is 5. The van der Waals surface area contributed by atoms with Gasteiger partial charge in [-0.3, -0.25) is 4.90 Å². The van der Waals surface area contributed by atoms with Crippen molar-refractivity contribution in [3.8, 4) is 0 Å². The average Bonchev–Trinajstić information content (AvgIpc) is 3.53. The van der Waals surface area contributed by atoms with Gasteiger partial charge in [-0.15, -0.1) is 11.3 Å². The van der Waals surface area contributed by atoms with E-state index >= 15 is 0 Å². The molecule has 3 aliphatic rings. The van der Waals surface area contributed by atoms with E-state index in [1.165, 1.54) is 27.1 Å². The minimum atomic E-state index is -0.252. The summed E-state index contributed by atoms with van der Waals surface area (Å²) in [4.78, 5) is 22.1. The molecule has 7 heteroatoms. The molecule has 6 rings (SSSR count). The fourth-order valence-electron chi connectivity index (χ4n) is 5.17. The van der Waals surface area contributed by atoms with Crippen molar-refractivity contribution in [1.82, 2.24) is 4.98 Å². The Hall–Kier alpha value is -2.90. The van der Waals surface area contributed by atoms with Gasteiger partial charge in [0.25, 0.3) is 0 Å². The summed E-state index contributed by atoms with van der Waals surface area (Å²) in [5.41, 5.74) is 6.31. The van der Waals surface area contributed by atoms with E-state index in [9.17, 15) is 4.79 Å². The van der Waals surface area contributed by atoms with E-state index in [0.717, 1.165) is 62.8 Å². The standard InChI is InChI=1S/C27H29N3O3S/c31-27-30(11-14-33-27)24-6-5-21-7-10-29(18-23(21)16-24)26-28-17-25(34-26)15-19-1-3-20(4-2-19)22-8-12-32-13-9-22/h1-6,16-17,22H,7-15,18H2. The maximum absolute atomic E-state index is 12.0. The molecule has 6 nitrogen and oxygen atoms in total. The van der Waals surface area contributed by atoms with E-state index in [1.54, 1.807) is 16.2 Å². The van der Waals surface area contributed by atoms with Crippen LogP contribution in [-0.2, 0) is 28.9 Å². The lowest BCUT2D eigenvalue weighted by Gasteiger charge is -2.29. The van der Waals surface area contributed by atoms with Crippen LogP contribution in [0.2, 0.25) is 0 Å². The summed E-state index contributed by atoms with van der Waals surface area (Å²) in [6.07, 6.45) is 5.93. The number of ether oxygens (including phenoxy) is 2. The van der Waals surface area contributed by atoms with Gasteiger partial charge in [-0.05, 0) is 59.6 Å². The quantitative estimate of drug-likeness (QED) is 0.511. The van der Waals surface area contributed by atoms with Crippen molar-refractivity contribution in [2.75, 3.05) is 42.7 Å². The lowest BCUT2D eigenvalue weighted by Crippen LogP contribution is -2.31. The van der Waals surface area contributed by atoms with Crippen molar-refractivity contribution < 1.29 is 14.3 Å². The molecular formula is C27H29N3O3S. The van der Waals surface area contributed by atoms with Crippen LogP contribution in [-0.4, -0.2) is 44.0 Å². The highest BCUT2D eigenvalue weighted by molar-refractivity contribution is 7.15. The molecule has 4 heterocycles. The normalized spacial score (nSPS) is 18.8. The Labute approximate surface area is 204 Å². The van der Waals surface area contributed by atoms with Crippen LogP contribution in [0.4, 0.5) is 15.6 Å². The second-order valence-corrected chi connectivity index (χ2v) is 10.4. The second-order valence-electron chi connectivity index (χ2n) is 9.30. The lowest BCUT2D eigenvalue weighted by atomic mass is 9.91. The summed E-state index contributed by atoms with van der Waals surface area (Å²) in [6.45, 7) is 4.62. The molecule has 1 aromatic heterocycles. The Bertz CT molecular complexity index is 1170. The van der Waals surface area contributed by atoms with E-state index < -0.39 is 0 Å². The largest absolute Gasteiger partial charge is 0.447 e. The van der Waals surface area contributed by atoms with Gasteiger partial charge in [0.2, 0.25) is 0 Å². The average molecular weight is 476 g/mol. The molecule has 0 spiro atoms. The summed E-state index contributed by atoms with van der Waals surface area (Å²) in [6, 6.07) is 15.5. The Morgan fingerprint density at radius 1 is 1.00 bits per heavy atom. The molecule has 3 aromatic rings. The van der Waals surface area contributed by atoms with Crippen molar-refractivity contribution >= 4 is 28.2 Å². The Morgan fingerprint density at radius 2 is 1.85 bits per heavy atom. The van der Waals surface area contributed by atoms with Crippen molar-refractivity contribution in [3.05, 3.63) is 75.8 Å². The molecule has 1 amide bonds. The SMILES string of the molecule is O=C1OCCN1c1ccc2c(c1)CN(c1ncc(Cc3ccc(C4CCOCC4)cc3)s1)CC2. The van der Waals surface area contributed by atoms with E-state index in [1.807, 2.05) is 12.3 Å². The molecule has 0 unspecified atom stereocenters. The molecule has 2 saturated heterocycles. The minimum Gasteiger partial charge on any atom is -0.447 e. The van der Waals surface area contributed by atoms with Crippen LogP contribution in [0.3, 0.4) is 0 Å². The smallest absolute Gasteiger partial charge is 0.414 e. The predicted molar refractivity (Wildman–Crippen MR) is 134 cm³/mol. The van der Waals surface area contributed by atoms with Gasteiger partial charge in [0.1, 0.15) is 6.61 Å². The van der Waals surface area contributed by atoms with Gasteiger partial charge < -0.3 is 14.4 Å². The number of amides is 1. The van der Waals surface area contributed by atoms with Gasteiger partial charge in [-0.1, -0.05) is 30.3 Å². The second kappa shape index (κ2) is 9.39. The Kier molecular flexibility index (Phi) is 5.97. The number of carbonyl (C=O) groups is 1. The number of cyclic esters (lactones) is 1. The molecule has 3 aliphatic heterocycles.